The molecule has 0 atom stereocenters. The normalized spacial score (nSPS) is 10.8. The van der Waals surface area contributed by atoms with Crippen molar-refractivity contribution >= 4 is 5.82 Å². The molecule has 2 aromatic rings. The highest BCUT2D eigenvalue weighted by atomic mass is 15.3. The first-order chi connectivity index (χ1) is 8.67. The topological polar surface area (TPSA) is 69.6 Å². The van der Waals surface area contributed by atoms with Crippen molar-refractivity contribution in [2.45, 2.75) is 40.2 Å². The molecule has 96 valence electrons. The molecule has 18 heavy (non-hydrogen) atoms. The molecule has 0 aliphatic heterocycles. The highest BCUT2D eigenvalue weighted by Gasteiger charge is 2.13. The number of anilines is 1. The molecule has 2 rings (SSSR count). The summed E-state index contributed by atoms with van der Waals surface area (Å²) in [6.07, 6.45) is 3.61. The monoisotopic (exact) mass is 245 g/mol. The Balaban J connectivity index is 2.55. The van der Waals surface area contributed by atoms with Gasteiger partial charge in [-0.25, -0.2) is 9.97 Å². The summed E-state index contributed by atoms with van der Waals surface area (Å²) in [6.45, 7) is 6.99. The van der Waals surface area contributed by atoms with Crippen LogP contribution in [0.4, 0.5) is 5.82 Å². The Morgan fingerprint density at radius 3 is 2.72 bits per heavy atom. The van der Waals surface area contributed by atoms with Crippen molar-refractivity contribution < 1.29 is 0 Å². The number of hydrogen-bond acceptors (Lipinski definition) is 4. The Bertz CT molecular complexity index is 544. The first-order valence-corrected chi connectivity index (χ1v) is 6.32. The second kappa shape index (κ2) is 5.16. The van der Waals surface area contributed by atoms with E-state index in [-0.39, 0.29) is 0 Å². The van der Waals surface area contributed by atoms with E-state index in [9.17, 15) is 0 Å². The van der Waals surface area contributed by atoms with Crippen LogP contribution in [-0.2, 0) is 13.0 Å². The van der Waals surface area contributed by atoms with E-state index < -0.39 is 0 Å². The summed E-state index contributed by atoms with van der Waals surface area (Å²) in [6, 6.07) is 1.98. The SMILES string of the molecule is CCCn1nccc1-c1nc(CC)nc(N)c1C. The number of nitrogen functional groups attached to an aromatic ring is 1. The number of nitrogens with zero attached hydrogens (tertiary/aromatic N) is 4. The summed E-state index contributed by atoms with van der Waals surface area (Å²) in [4.78, 5) is 8.86. The lowest BCUT2D eigenvalue weighted by Crippen LogP contribution is -2.08. The van der Waals surface area contributed by atoms with E-state index in [1.807, 2.05) is 24.6 Å². The van der Waals surface area contributed by atoms with E-state index in [1.165, 1.54) is 0 Å². The lowest BCUT2D eigenvalue weighted by molar-refractivity contribution is 0.607. The molecule has 5 nitrogen and oxygen atoms in total. The lowest BCUT2D eigenvalue weighted by atomic mass is 10.1. The molecule has 5 heteroatoms. The fourth-order valence-corrected chi connectivity index (χ4v) is 1.91. The Morgan fingerprint density at radius 1 is 1.28 bits per heavy atom. The number of hydrogen-bond donors (Lipinski definition) is 1. The molecule has 2 heterocycles. The average Bonchev–Trinajstić information content (AvgIpc) is 2.81. The molecule has 0 aliphatic rings. The molecular weight excluding hydrogens is 226 g/mol. The Kier molecular flexibility index (Phi) is 3.60. The summed E-state index contributed by atoms with van der Waals surface area (Å²) in [5.41, 5.74) is 8.77. The molecule has 0 bridgehead atoms. The minimum atomic E-state index is 0.557. The highest BCUT2D eigenvalue weighted by molar-refractivity contribution is 5.64. The van der Waals surface area contributed by atoms with Gasteiger partial charge < -0.3 is 5.73 Å². The molecule has 0 aromatic carbocycles. The van der Waals surface area contributed by atoms with Crippen LogP contribution >= 0.6 is 0 Å². The van der Waals surface area contributed by atoms with Crippen LogP contribution in [0.25, 0.3) is 11.4 Å². The zero-order chi connectivity index (χ0) is 13.1. The van der Waals surface area contributed by atoms with E-state index in [0.717, 1.165) is 42.2 Å². The zero-order valence-corrected chi connectivity index (χ0v) is 11.1. The zero-order valence-electron chi connectivity index (χ0n) is 11.1. The van der Waals surface area contributed by atoms with Crippen molar-refractivity contribution in [2.24, 2.45) is 0 Å². The Morgan fingerprint density at radius 2 is 2.06 bits per heavy atom. The second-order valence-electron chi connectivity index (χ2n) is 4.29. The van der Waals surface area contributed by atoms with Gasteiger partial charge in [0.15, 0.2) is 0 Å². The van der Waals surface area contributed by atoms with Crippen molar-refractivity contribution in [1.29, 1.82) is 0 Å². The smallest absolute Gasteiger partial charge is 0.131 e. The van der Waals surface area contributed by atoms with Gasteiger partial charge in [-0.1, -0.05) is 13.8 Å². The fourth-order valence-electron chi connectivity index (χ4n) is 1.91. The van der Waals surface area contributed by atoms with E-state index in [2.05, 4.69) is 22.0 Å². The van der Waals surface area contributed by atoms with Gasteiger partial charge in [0, 0.05) is 24.7 Å². The average molecular weight is 245 g/mol. The van der Waals surface area contributed by atoms with Crippen molar-refractivity contribution in [2.75, 3.05) is 5.73 Å². The lowest BCUT2D eigenvalue weighted by Gasteiger charge is -2.11. The molecule has 2 aromatic heterocycles. The molecule has 0 amide bonds. The van der Waals surface area contributed by atoms with Crippen LogP contribution in [0.15, 0.2) is 12.3 Å². The maximum atomic E-state index is 5.95. The van der Waals surface area contributed by atoms with Gasteiger partial charge in [-0.2, -0.15) is 5.10 Å². The second-order valence-corrected chi connectivity index (χ2v) is 4.29. The third-order valence-corrected chi connectivity index (χ3v) is 2.94. The molecule has 0 unspecified atom stereocenters. The van der Waals surface area contributed by atoms with Gasteiger partial charge in [0.25, 0.3) is 0 Å². The van der Waals surface area contributed by atoms with Crippen molar-refractivity contribution in [3.63, 3.8) is 0 Å². The third kappa shape index (κ3) is 2.20. The predicted molar refractivity (Wildman–Crippen MR) is 72.1 cm³/mol. The van der Waals surface area contributed by atoms with E-state index in [4.69, 9.17) is 5.73 Å². The number of nitrogens with two attached hydrogens (primary N) is 1. The van der Waals surface area contributed by atoms with Crippen LogP contribution in [0.5, 0.6) is 0 Å². The van der Waals surface area contributed by atoms with Crippen LogP contribution in [0.1, 0.15) is 31.7 Å². The van der Waals surface area contributed by atoms with Crippen LogP contribution in [0.3, 0.4) is 0 Å². The molecular formula is C13H19N5. The molecule has 0 fully saturated rings. The Hall–Kier alpha value is -1.91. The Labute approximate surface area is 107 Å². The molecule has 0 saturated carbocycles. The van der Waals surface area contributed by atoms with Crippen LogP contribution in [0, 0.1) is 6.92 Å². The van der Waals surface area contributed by atoms with Gasteiger partial charge in [0.1, 0.15) is 11.6 Å². The van der Waals surface area contributed by atoms with Crippen LogP contribution in [-0.4, -0.2) is 19.7 Å². The summed E-state index contributed by atoms with van der Waals surface area (Å²) in [5, 5.41) is 4.32. The van der Waals surface area contributed by atoms with Gasteiger partial charge in [0.05, 0.1) is 11.4 Å². The van der Waals surface area contributed by atoms with E-state index in [1.54, 1.807) is 6.20 Å². The molecule has 2 N–H and O–H groups in total. The van der Waals surface area contributed by atoms with Gasteiger partial charge in [-0.3, -0.25) is 4.68 Å². The van der Waals surface area contributed by atoms with Crippen LogP contribution in [0.2, 0.25) is 0 Å². The quantitative estimate of drug-likeness (QED) is 0.896. The predicted octanol–water partition coefficient (Wildman–Crippen LogP) is 2.20. The number of rotatable bonds is 4. The summed E-state index contributed by atoms with van der Waals surface area (Å²) >= 11 is 0. The van der Waals surface area contributed by atoms with Gasteiger partial charge >= 0.3 is 0 Å². The first kappa shape index (κ1) is 12.5. The molecule has 0 radical (unpaired) electrons. The standard InChI is InChI=1S/C13H19N5/c1-4-8-18-10(6-7-15-18)12-9(3)13(14)17-11(5-2)16-12/h6-7H,4-5,8H2,1-3H3,(H2,14,16,17). The first-order valence-electron chi connectivity index (χ1n) is 6.32. The highest BCUT2D eigenvalue weighted by Crippen LogP contribution is 2.24. The minimum Gasteiger partial charge on any atom is -0.383 e. The molecule has 0 aliphatic carbocycles. The summed E-state index contributed by atoms with van der Waals surface area (Å²) in [5.74, 6) is 1.33. The number of aromatic nitrogens is 4. The maximum absolute atomic E-state index is 5.95. The molecule has 0 saturated heterocycles. The number of aryl methyl sites for hydroxylation is 2. The van der Waals surface area contributed by atoms with Crippen molar-refractivity contribution in [3.05, 3.63) is 23.7 Å². The van der Waals surface area contributed by atoms with Gasteiger partial charge in [-0.15, -0.1) is 0 Å². The largest absolute Gasteiger partial charge is 0.383 e. The summed E-state index contributed by atoms with van der Waals surface area (Å²) < 4.78 is 1.97. The fraction of sp³-hybridized carbons (Fsp3) is 0.462. The van der Waals surface area contributed by atoms with Crippen LogP contribution < -0.4 is 5.73 Å². The summed E-state index contributed by atoms with van der Waals surface area (Å²) in [7, 11) is 0. The van der Waals surface area contributed by atoms with Gasteiger partial charge in [0.2, 0.25) is 0 Å². The van der Waals surface area contributed by atoms with E-state index in [0.29, 0.717) is 5.82 Å². The minimum absolute atomic E-state index is 0.557. The van der Waals surface area contributed by atoms with E-state index >= 15 is 0 Å². The van der Waals surface area contributed by atoms with Crippen molar-refractivity contribution in [3.8, 4) is 11.4 Å². The molecule has 0 spiro atoms. The maximum Gasteiger partial charge on any atom is 0.131 e. The third-order valence-electron chi connectivity index (χ3n) is 2.94. The van der Waals surface area contributed by atoms with Crippen molar-refractivity contribution in [1.82, 2.24) is 19.7 Å². The van der Waals surface area contributed by atoms with Gasteiger partial charge in [-0.05, 0) is 19.4 Å².